The number of thioether (sulfide) groups is 1. The van der Waals surface area contributed by atoms with Gasteiger partial charge in [0.15, 0.2) is 17.1 Å². The van der Waals surface area contributed by atoms with Crippen molar-refractivity contribution in [2.24, 2.45) is 0 Å². The maximum absolute atomic E-state index is 12.4. The van der Waals surface area contributed by atoms with Crippen LogP contribution >= 0.6 is 23.4 Å². The summed E-state index contributed by atoms with van der Waals surface area (Å²) in [5.74, 6) is 2.13. The van der Waals surface area contributed by atoms with Gasteiger partial charge < -0.3 is 19.4 Å². The lowest BCUT2D eigenvalue weighted by atomic mass is 10.3. The molecule has 1 amide bonds. The van der Waals surface area contributed by atoms with Crippen LogP contribution in [0.3, 0.4) is 0 Å². The first-order valence-electron chi connectivity index (χ1n) is 10.0. The van der Waals surface area contributed by atoms with Gasteiger partial charge in [-0.3, -0.25) is 4.79 Å². The van der Waals surface area contributed by atoms with Crippen molar-refractivity contribution in [3.63, 3.8) is 0 Å². The highest BCUT2D eigenvalue weighted by Gasteiger charge is 2.20. The van der Waals surface area contributed by atoms with Crippen LogP contribution in [0.2, 0.25) is 5.02 Å². The fourth-order valence-corrected chi connectivity index (χ4v) is 3.91. The Morgan fingerprint density at radius 3 is 2.58 bits per heavy atom. The number of para-hydroxylation sites is 1. The van der Waals surface area contributed by atoms with Crippen LogP contribution in [0.15, 0.2) is 53.7 Å². The zero-order chi connectivity index (χ0) is 22.2. The second-order valence-electron chi connectivity index (χ2n) is 6.57. The number of rotatable bonds is 10. The fourth-order valence-electron chi connectivity index (χ4n) is 2.92. The fraction of sp³-hybridized carbons (Fsp3) is 0.318. The molecule has 1 heterocycles. The van der Waals surface area contributed by atoms with Gasteiger partial charge in [0.2, 0.25) is 5.91 Å². The molecular formula is C22H25ClN4O3S. The number of benzene rings is 2. The molecule has 9 heteroatoms. The van der Waals surface area contributed by atoms with E-state index in [9.17, 15) is 4.79 Å². The molecule has 0 aliphatic heterocycles. The first-order valence-corrected chi connectivity index (χ1v) is 11.4. The number of aromatic nitrogens is 3. The van der Waals surface area contributed by atoms with Gasteiger partial charge in [-0.05, 0) is 57.2 Å². The van der Waals surface area contributed by atoms with Crippen molar-refractivity contribution < 1.29 is 14.3 Å². The molecule has 1 N–H and O–H groups in total. The van der Waals surface area contributed by atoms with Crippen LogP contribution in [-0.2, 0) is 11.3 Å². The summed E-state index contributed by atoms with van der Waals surface area (Å²) in [6.07, 6.45) is -0.348. The number of nitrogens with zero attached hydrogens (tertiary/aromatic N) is 3. The van der Waals surface area contributed by atoms with Crippen LogP contribution in [0.4, 0.5) is 5.69 Å². The zero-order valence-electron chi connectivity index (χ0n) is 17.7. The van der Waals surface area contributed by atoms with Gasteiger partial charge in [-0.25, -0.2) is 0 Å². The van der Waals surface area contributed by atoms with Crippen LogP contribution in [0, 0.1) is 0 Å². The summed E-state index contributed by atoms with van der Waals surface area (Å²) in [6.45, 7) is 7.08. The number of carbonyl (C=O) groups is 1. The van der Waals surface area contributed by atoms with Crippen molar-refractivity contribution in [2.75, 3.05) is 17.7 Å². The molecule has 7 nitrogen and oxygen atoms in total. The molecule has 3 rings (SSSR count). The van der Waals surface area contributed by atoms with Gasteiger partial charge in [0.25, 0.3) is 0 Å². The van der Waals surface area contributed by atoms with E-state index in [2.05, 4.69) is 15.5 Å². The number of ether oxygens (including phenoxy) is 2. The highest BCUT2D eigenvalue weighted by atomic mass is 35.5. The molecular weight excluding hydrogens is 436 g/mol. The van der Waals surface area contributed by atoms with E-state index in [0.29, 0.717) is 40.6 Å². The number of hydrogen-bond acceptors (Lipinski definition) is 6. The Balaban J connectivity index is 1.60. The van der Waals surface area contributed by atoms with Gasteiger partial charge in [-0.1, -0.05) is 35.5 Å². The molecule has 0 unspecified atom stereocenters. The molecule has 0 fully saturated rings. The van der Waals surface area contributed by atoms with E-state index in [-0.39, 0.29) is 17.8 Å². The van der Waals surface area contributed by atoms with Gasteiger partial charge in [-0.2, -0.15) is 0 Å². The summed E-state index contributed by atoms with van der Waals surface area (Å²) >= 11 is 7.52. The predicted octanol–water partition coefficient (Wildman–Crippen LogP) is 5.22. The summed E-state index contributed by atoms with van der Waals surface area (Å²) < 4.78 is 13.3. The summed E-state index contributed by atoms with van der Waals surface area (Å²) in [6, 6.07) is 14.6. The highest BCUT2D eigenvalue weighted by molar-refractivity contribution is 7.99. The Hall–Kier alpha value is -2.71. The van der Waals surface area contributed by atoms with E-state index in [4.69, 9.17) is 21.1 Å². The monoisotopic (exact) mass is 460 g/mol. The van der Waals surface area contributed by atoms with Crippen molar-refractivity contribution in [1.82, 2.24) is 14.8 Å². The van der Waals surface area contributed by atoms with Crippen LogP contribution in [0.1, 0.15) is 32.7 Å². The second kappa shape index (κ2) is 11.1. The first-order chi connectivity index (χ1) is 15.0. The van der Waals surface area contributed by atoms with Crippen LogP contribution in [0.25, 0.3) is 0 Å². The number of hydrogen-bond donors (Lipinski definition) is 1. The number of halogens is 1. The molecule has 164 valence electrons. The summed E-state index contributed by atoms with van der Waals surface area (Å²) in [5.41, 5.74) is 0.716. The molecule has 3 aromatic rings. The Labute approximate surface area is 191 Å². The maximum atomic E-state index is 12.4. The Morgan fingerprint density at radius 2 is 1.90 bits per heavy atom. The SMILES string of the molecule is CCOc1ccc(NC(=O)CSc2nnc([C@@H](C)Oc3ccccc3Cl)n2CC)cc1. The second-order valence-corrected chi connectivity index (χ2v) is 7.92. The number of nitrogens with one attached hydrogen (secondary N) is 1. The van der Waals surface area contributed by atoms with E-state index in [1.165, 1.54) is 11.8 Å². The van der Waals surface area contributed by atoms with Crippen molar-refractivity contribution in [2.45, 2.75) is 38.6 Å². The van der Waals surface area contributed by atoms with Crippen LogP contribution in [0.5, 0.6) is 11.5 Å². The van der Waals surface area contributed by atoms with Gasteiger partial charge in [0, 0.05) is 12.2 Å². The Morgan fingerprint density at radius 1 is 1.16 bits per heavy atom. The largest absolute Gasteiger partial charge is 0.494 e. The summed E-state index contributed by atoms with van der Waals surface area (Å²) in [5, 5.41) is 12.6. The van der Waals surface area contributed by atoms with E-state index < -0.39 is 0 Å². The Kier molecular flexibility index (Phi) is 8.20. The third-order valence-corrected chi connectivity index (χ3v) is 5.63. The molecule has 0 bridgehead atoms. The summed E-state index contributed by atoms with van der Waals surface area (Å²) in [7, 11) is 0. The minimum Gasteiger partial charge on any atom is -0.494 e. The predicted molar refractivity (Wildman–Crippen MR) is 123 cm³/mol. The number of amides is 1. The van der Waals surface area contributed by atoms with E-state index >= 15 is 0 Å². The molecule has 0 saturated carbocycles. The molecule has 0 aliphatic carbocycles. The van der Waals surface area contributed by atoms with Crippen LogP contribution in [-0.4, -0.2) is 33.0 Å². The molecule has 1 atom stereocenters. The minimum absolute atomic E-state index is 0.123. The zero-order valence-corrected chi connectivity index (χ0v) is 19.2. The first kappa shape index (κ1) is 23.0. The number of anilines is 1. The molecule has 0 saturated heterocycles. The molecule has 2 aromatic carbocycles. The lowest BCUT2D eigenvalue weighted by molar-refractivity contribution is -0.113. The summed E-state index contributed by atoms with van der Waals surface area (Å²) in [4.78, 5) is 12.4. The van der Waals surface area contributed by atoms with Crippen LogP contribution < -0.4 is 14.8 Å². The quantitative estimate of drug-likeness (QED) is 0.418. The van der Waals surface area contributed by atoms with E-state index in [0.717, 1.165) is 5.75 Å². The third-order valence-electron chi connectivity index (χ3n) is 4.35. The van der Waals surface area contributed by atoms with Crippen molar-refractivity contribution in [3.8, 4) is 11.5 Å². The standard InChI is InChI=1S/C22H25ClN4O3S/c1-4-27-21(15(3)30-19-9-7-6-8-18(19)23)25-26-22(27)31-14-20(28)24-16-10-12-17(13-11-16)29-5-2/h6-13,15H,4-5,14H2,1-3H3,(H,24,28)/t15-/m1/s1. The highest BCUT2D eigenvalue weighted by Crippen LogP contribution is 2.29. The molecule has 0 aliphatic rings. The van der Waals surface area contributed by atoms with Gasteiger partial charge >= 0.3 is 0 Å². The van der Waals surface area contributed by atoms with Gasteiger partial charge in [-0.15, -0.1) is 10.2 Å². The van der Waals surface area contributed by atoms with E-state index in [1.54, 1.807) is 6.07 Å². The smallest absolute Gasteiger partial charge is 0.234 e. The van der Waals surface area contributed by atoms with Gasteiger partial charge in [0.1, 0.15) is 11.5 Å². The average Bonchev–Trinajstić information content (AvgIpc) is 3.18. The Bertz CT molecular complexity index is 1010. The maximum Gasteiger partial charge on any atom is 0.234 e. The average molecular weight is 461 g/mol. The normalized spacial score (nSPS) is 11.7. The number of carbonyl (C=O) groups excluding carboxylic acids is 1. The van der Waals surface area contributed by atoms with Crippen molar-refractivity contribution in [3.05, 3.63) is 59.4 Å². The molecule has 1 aromatic heterocycles. The lowest BCUT2D eigenvalue weighted by Crippen LogP contribution is -2.15. The van der Waals surface area contributed by atoms with Crippen molar-refractivity contribution in [1.29, 1.82) is 0 Å². The van der Waals surface area contributed by atoms with Gasteiger partial charge in [0.05, 0.1) is 17.4 Å². The molecule has 0 spiro atoms. The minimum atomic E-state index is -0.348. The third kappa shape index (κ3) is 6.15. The topological polar surface area (TPSA) is 78.3 Å². The van der Waals surface area contributed by atoms with Crippen molar-refractivity contribution >= 4 is 35.0 Å². The molecule has 0 radical (unpaired) electrons. The lowest BCUT2D eigenvalue weighted by Gasteiger charge is -2.16. The molecule has 31 heavy (non-hydrogen) atoms. The van der Waals surface area contributed by atoms with E-state index in [1.807, 2.05) is 67.8 Å².